The summed E-state index contributed by atoms with van der Waals surface area (Å²) in [6.45, 7) is 4.43. The van der Waals surface area contributed by atoms with Gasteiger partial charge < -0.3 is 9.64 Å². The van der Waals surface area contributed by atoms with E-state index in [9.17, 15) is 0 Å². The molecule has 1 fully saturated rings. The molecule has 0 aromatic heterocycles. The van der Waals surface area contributed by atoms with E-state index in [0.29, 0.717) is 12.0 Å². The van der Waals surface area contributed by atoms with Crippen LogP contribution in [0.1, 0.15) is 6.92 Å². The topological polar surface area (TPSA) is 13.7 Å². The molecule has 0 aromatic rings. The Morgan fingerprint density at radius 1 is 1.56 bits per heavy atom. The Balaban J connectivity index is 2.38. The highest BCUT2D eigenvalue weighted by atomic mass is 16.5. The number of hydrogen-bond acceptors (Lipinski definition) is 1. The van der Waals surface area contributed by atoms with Crippen LogP contribution in [0.15, 0.2) is 0 Å². The molecular weight excluding hydrogens is 114 g/mol. The van der Waals surface area contributed by atoms with Gasteiger partial charge in [0.2, 0.25) is 0 Å². The van der Waals surface area contributed by atoms with Crippen molar-refractivity contribution in [1.29, 1.82) is 0 Å². The summed E-state index contributed by atoms with van der Waals surface area (Å²) in [4.78, 5) is 1.34. The first-order valence-corrected chi connectivity index (χ1v) is 3.43. The second kappa shape index (κ2) is 2.67. The van der Waals surface area contributed by atoms with Crippen molar-refractivity contribution in [2.45, 2.75) is 13.0 Å². The molecule has 0 radical (unpaired) electrons. The van der Waals surface area contributed by atoms with Gasteiger partial charge in [-0.05, 0) is 0 Å². The minimum Gasteiger partial charge on any atom is -0.465 e. The Hall–Kier alpha value is -0.0800. The number of rotatable bonds is 1. The molecule has 9 heavy (non-hydrogen) atoms. The van der Waals surface area contributed by atoms with Crippen LogP contribution in [0.4, 0.5) is 0 Å². The van der Waals surface area contributed by atoms with E-state index in [1.54, 1.807) is 7.11 Å². The Bertz CT molecular complexity index is 94.9. The first kappa shape index (κ1) is 7.03. The zero-order valence-corrected chi connectivity index (χ0v) is 6.18. The number of hydrogen-bond donors (Lipinski definition) is 1. The number of methoxy groups -OCH3 is 1. The SMILES string of the molecule is [CH2-][NH+]1C[C@H](OC)[C@@H](C)C1. The lowest BCUT2D eigenvalue weighted by molar-refractivity contribution is -0.842. The van der Waals surface area contributed by atoms with E-state index in [1.807, 2.05) is 0 Å². The summed E-state index contributed by atoms with van der Waals surface area (Å²) in [7, 11) is 5.70. The van der Waals surface area contributed by atoms with Crippen molar-refractivity contribution in [3.8, 4) is 0 Å². The summed E-state index contributed by atoms with van der Waals surface area (Å²) < 4.78 is 5.23. The van der Waals surface area contributed by atoms with Gasteiger partial charge >= 0.3 is 0 Å². The molecule has 1 saturated heterocycles. The largest absolute Gasteiger partial charge is 0.465 e. The van der Waals surface area contributed by atoms with Gasteiger partial charge in [-0.25, -0.2) is 0 Å². The standard InChI is InChI=1S/C7H15NO/c1-6-4-8(2)5-7(6)9-3/h6-8H,2,4-5H2,1,3H3/t6-,7-/m0/s1. The molecule has 0 saturated carbocycles. The number of nitrogens with one attached hydrogen (secondary N) is 1. The van der Waals surface area contributed by atoms with Gasteiger partial charge in [0.05, 0.1) is 13.1 Å². The van der Waals surface area contributed by atoms with Crippen molar-refractivity contribution in [3.05, 3.63) is 7.05 Å². The van der Waals surface area contributed by atoms with Gasteiger partial charge in [-0.3, -0.25) is 0 Å². The molecule has 2 heteroatoms. The Kier molecular flexibility index (Phi) is 2.09. The normalized spacial score (nSPS) is 43.7. The Morgan fingerprint density at radius 2 is 2.22 bits per heavy atom. The van der Waals surface area contributed by atoms with Crippen LogP contribution in [-0.4, -0.2) is 26.3 Å². The maximum atomic E-state index is 5.23. The quantitative estimate of drug-likeness (QED) is 0.463. The summed E-state index contributed by atoms with van der Waals surface area (Å²) in [6, 6.07) is 0. The average Bonchev–Trinajstić information content (AvgIpc) is 2.10. The maximum absolute atomic E-state index is 5.23. The average molecular weight is 129 g/mol. The molecule has 0 bridgehead atoms. The smallest absolute Gasteiger partial charge is 0.112 e. The fourth-order valence-corrected chi connectivity index (χ4v) is 1.47. The molecule has 1 aliphatic heterocycles. The zero-order chi connectivity index (χ0) is 6.85. The van der Waals surface area contributed by atoms with E-state index in [2.05, 4.69) is 14.0 Å². The Morgan fingerprint density at radius 3 is 2.44 bits per heavy atom. The summed E-state index contributed by atoms with van der Waals surface area (Å²) in [5, 5.41) is 0. The van der Waals surface area contributed by atoms with Crippen LogP contribution in [0.25, 0.3) is 0 Å². The number of quaternary nitrogens is 1. The molecule has 1 unspecified atom stereocenters. The molecule has 1 heterocycles. The lowest BCUT2D eigenvalue weighted by Gasteiger charge is -2.11. The number of likely N-dealkylation sites (tertiary alicyclic amines) is 1. The van der Waals surface area contributed by atoms with Crippen molar-refractivity contribution < 1.29 is 9.64 Å². The third-order valence-electron chi connectivity index (χ3n) is 2.04. The van der Waals surface area contributed by atoms with Crippen molar-refractivity contribution in [3.63, 3.8) is 0 Å². The molecule has 0 amide bonds. The monoisotopic (exact) mass is 129 g/mol. The second-order valence-electron chi connectivity index (χ2n) is 2.91. The Labute approximate surface area is 56.8 Å². The van der Waals surface area contributed by atoms with Crippen molar-refractivity contribution in [1.82, 2.24) is 0 Å². The van der Waals surface area contributed by atoms with Gasteiger partial charge in [0.1, 0.15) is 6.10 Å². The van der Waals surface area contributed by atoms with E-state index < -0.39 is 0 Å². The summed E-state index contributed by atoms with van der Waals surface area (Å²) in [5.74, 6) is 0.683. The van der Waals surface area contributed by atoms with Crippen molar-refractivity contribution >= 4 is 0 Å². The third kappa shape index (κ3) is 1.43. The fraction of sp³-hybridized carbons (Fsp3) is 0.857. The molecule has 54 valence electrons. The zero-order valence-electron chi connectivity index (χ0n) is 6.18. The molecule has 0 spiro atoms. The van der Waals surface area contributed by atoms with Crippen LogP contribution < -0.4 is 4.90 Å². The van der Waals surface area contributed by atoms with Crippen LogP contribution in [0.5, 0.6) is 0 Å². The molecule has 0 aromatic carbocycles. The molecule has 2 nitrogen and oxygen atoms in total. The van der Waals surface area contributed by atoms with Crippen LogP contribution in [-0.2, 0) is 4.74 Å². The second-order valence-corrected chi connectivity index (χ2v) is 2.91. The maximum Gasteiger partial charge on any atom is 0.112 e. The van der Waals surface area contributed by atoms with Gasteiger partial charge in [0, 0.05) is 13.0 Å². The highest BCUT2D eigenvalue weighted by Gasteiger charge is 2.27. The highest BCUT2D eigenvalue weighted by Crippen LogP contribution is 2.06. The lowest BCUT2D eigenvalue weighted by atomic mass is 10.1. The van der Waals surface area contributed by atoms with Gasteiger partial charge in [-0.1, -0.05) is 6.92 Å². The van der Waals surface area contributed by atoms with E-state index in [4.69, 9.17) is 4.74 Å². The minimum atomic E-state index is 0.442. The molecule has 3 atom stereocenters. The van der Waals surface area contributed by atoms with Gasteiger partial charge in [0.25, 0.3) is 0 Å². The summed E-state index contributed by atoms with van der Waals surface area (Å²) >= 11 is 0. The predicted octanol–water partition coefficient (Wildman–Crippen LogP) is -0.672. The summed E-state index contributed by atoms with van der Waals surface area (Å²) in [6.07, 6.45) is 0.442. The van der Waals surface area contributed by atoms with Gasteiger partial charge in [0.15, 0.2) is 0 Å². The van der Waals surface area contributed by atoms with E-state index >= 15 is 0 Å². The van der Waals surface area contributed by atoms with Crippen molar-refractivity contribution in [2.75, 3.05) is 20.2 Å². The van der Waals surface area contributed by atoms with E-state index in [-0.39, 0.29) is 0 Å². The summed E-state index contributed by atoms with van der Waals surface area (Å²) in [5.41, 5.74) is 0. The molecule has 1 rings (SSSR count). The highest BCUT2D eigenvalue weighted by molar-refractivity contribution is 4.68. The molecule has 1 N–H and O–H groups in total. The first-order chi connectivity index (χ1) is 4.24. The first-order valence-electron chi connectivity index (χ1n) is 3.43. The molecule has 1 aliphatic rings. The third-order valence-corrected chi connectivity index (χ3v) is 2.04. The van der Waals surface area contributed by atoms with Crippen LogP contribution >= 0.6 is 0 Å². The van der Waals surface area contributed by atoms with Gasteiger partial charge in [-0.2, -0.15) is 7.05 Å². The molecular formula is C7H15NO. The molecule has 0 aliphatic carbocycles. The van der Waals surface area contributed by atoms with Crippen molar-refractivity contribution in [2.24, 2.45) is 5.92 Å². The van der Waals surface area contributed by atoms with E-state index in [0.717, 1.165) is 13.1 Å². The van der Waals surface area contributed by atoms with Crippen LogP contribution in [0.3, 0.4) is 0 Å². The fourth-order valence-electron chi connectivity index (χ4n) is 1.47. The van der Waals surface area contributed by atoms with E-state index in [1.165, 1.54) is 4.90 Å². The van der Waals surface area contributed by atoms with Crippen LogP contribution in [0, 0.1) is 13.0 Å². The predicted molar refractivity (Wildman–Crippen MR) is 36.0 cm³/mol. The minimum absolute atomic E-state index is 0.442. The number of ether oxygens (including phenoxy) is 1. The van der Waals surface area contributed by atoms with Gasteiger partial charge in [-0.15, -0.1) is 0 Å². The van der Waals surface area contributed by atoms with Crippen LogP contribution in [0.2, 0.25) is 0 Å². The lowest BCUT2D eigenvalue weighted by Crippen LogP contribution is -3.05.